The quantitative estimate of drug-likeness (QED) is 0.226. The first kappa shape index (κ1) is 29.6. The molecule has 0 bridgehead atoms. The van der Waals surface area contributed by atoms with Gasteiger partial charge in [-0.05, 0) is 58.7 Å². The van der Waals surface area contributed by atoms with E-state index in [1.54, 1.807) is 5.38 Å². The van der Waals surface area contributed by atoms with Gasteiger partial charge in [-0.1, -0.05) is 58.3 Å². The minimum Gasteiger partial charge on any atom is -0.507 e. The second-order valence-electron chi connectivity index (χ2n) is 11.1. The number of aromatic nitrogens is 1. The lowest BCUT2D eigenvalue weighted by molar-refractivity contribution is 0.102. The predicted octanol–water partition coefficient (Wildman–Crippen LogP) is 7.99. The van der Waals surface area contributed by atoms with Gasteiger partial charge in [-0.3, -0.25) is 9.57 Å². The number of carbonyl (C=O) groups excluding carboxylic acids is 1. The van der Waals surface area contributed by atoms with Gasteiger partial charge in [0.1, 0.15) is 16.5 Å². The molecule has 4 rings (SSSR count). The van der Waals surface area contributed by atoms with Crippen LogP contribution in [0.2, 0.25) is 0 Å². The maximum atomic E-state index is 13.1. The normalized spacial score (nSPS) is 15.1. The van der Waals surface area contributed by atoms with E-state index in [0.29, 0.717) is 17.9 Å². The van der Waals surface area contributed by atoms with E-state index in [-0.39, 0.29) is 34.9 Å². The number of hydrogen-bond donors (Lipinski definition) is 4. The molecule has 0 radical (unpaired) electrons. The number of hydrogen-bond acceptors (Lipinski definition) is 6. The van der Waals surface area contributed by atoms with Crippen LogP contribution in [0.1, 0.15) is 63.2 Å². The molecule has 0 fully saturated rings. The highest BCUT2D eigenvalue weighted by molar-refractivity contribution is 7.93. The molecule has 1 amide bonds. The second-order valence-corrected chi connectivity index (χ2v) is 13.5. The summed E-state index contributed by atoms with van der Waals surface area (Å²) in [5.41, 5.74) is 3.93. The summed E-state index contributed by atoms with van der Waals surface area (Å²) in [6, 6.07) is 11.6. The largest absolute Gasteiger partial charge is 0.507 e. The van der Waals surface area contributed by atoms with E-state index in [2.05, 4.69) is 15.6 Å². The fourth-order valence-corrected chi connectivity index (χ4v) is 5.67. The van der Waals surface area contributed by atoms with Gasteiger partial charge in [-0.2, -0.15) is 0 Å². The van der Waals surface area contributed by atoms with Crippen molar-refractivity contribution in [2.75, 3.05) is 17.2 Å². The lowest BCUT2D eigenvalue weighted by atomic mass is 9.79. The summed E-state index contributed by atoms with van der Waals surface area (Å²) < 4.78 is 7.98. The highest BCUT2D eigenvalue weighted by atomic mass is 35.5. The van der Waals surface area contributed by atoms with Crippen molar-refractivity contribution in [2.24, 2.45) is 0 Å². The van der Waals surface area contributed by atoms with Crippen molar-refractivity contribution >= 4 is 51.7 Å². The van der Waals surface area contributed by atoms with Crippen molar-refractivity contribution in [3.05, 3.63) is 81.1 Å². The number of phenols is 1. The Balaban J connectivity index is 0.00000400. The molecule has 6 nitrogen and oxygen atoms in total. The van der Waals surface area contributed by atoms with E-state index in [1.807, 2.05) is 95.5 Å². The number of carbonyl (C=O) groups is 1. The zero-order valence-corrected chi connectivity index (χ0v) is 25.0. The molecule has 38 heavy (non-hydrogen) atoms. The van der Waals surface area contributed by atoms with E-state index in [9.17, 15) is 9.90 Å². The second kappa shape index (κ2) is 11.4. The van der Waals surface area contributed by atoms with Crippen molar-refractivity contribution in [1.29, 1.82) is 4.78 Å². The highest BCUT2D eigenvalue weighted by Crippen LogP contribution is 2.41. The predicted molar refractivity (Wildman–Crippen MR) is 164 cm³/mol. The van der Waals surface area contributed by atoms with Gasteiger partial charge in [0.2, 0.25) is 0 Å². The molecule has 9 heteroatoms. The van der Waals surface area contributed by atoms with E-state index in [1.165, 1.54) is 11.3 Å². The molecule has 1 unspecified atom stereocenters. The molecule has 202 valence electrons. The summed E-state index contributed by atoms with van der Waals surface area (Å²) in [5.74, 6) is -0.00105. The van der Waals surface area contributed by atoms with Gasteiger partial charge in [0.15, 0.2) is 0 Å². The minimum absolute atomic E-state index is 0. The molecule has 1 aliphatic rings. The third-order valence-electron chi connectivity index (χ3n) is 6.10. The molecule has 4 N–H and O–H groups in total. The average molecular weight is 571 g/mol. The first-order valence-electron chi connectivity index (χ1n) is 12.1. The smallest absolute Gasteiger partial charge is 0.275 e. The number of allylic oxidation sites excluding steroid dienone is 2. The molecule has 0 aliphatic carbocycles. The van der Waals surface area contributed by atoms with Gasteiger partial charge in [0.05, 0.1) is 0 Å². The van der Waals surface area contributed by atoms with Crippen LogP contribution in [0.25, 0.3) is 10.6 Å². The highest BCUT2D eigenvalue weighted by Gasteiger charge is 2.27. The zero-order valence-electron chi connectivity index (χ0n) is 22.5. The fraction of sp³-hybridized carbons (Fsp3) is 0.310. The minimum atomic E-state index is -0.539. The van der Waals surface area contributed by atoms with Crippen LogP contribution in [-0.4, -0.2) is 22.5 Å². The number of nitrogens with zero attached hydrogens (tertiary/aromatic N) is 1. The van der Waals surface area contributed by atoms with Crippen LogP contribution in [0.5, 0.6) is 5.75 Å². The van der Waals surface area contributed by atoms with E-state index in [4.69, 9.17) is 4.78 Å². The van der Waals surface area contributed by atoms with Crippen LogP contribution in [0.3, 0.4) is 0 Å². The third kappa shape index (κ3) is 6.73. The van der Waals surface area contributed by atoms with Crippen molar-refractivity contribution in [1.82, 2.24) is 4.98 Å². The number of halogens is 1. The Morgan fingerprint density at radius 1 is 1.03 bits per heavy atom. The molecule has 2 heterocycles. The van der Waals surface area contributed by atoms with Gasteiger partial charge in [0.25, 0.3) is 5.91 Å². The van der Waals surface area contributed by atoms with Crippen molar-refractivity contribution in [3.8, 4) is 16.3 Å². The van der Waals surface area contributed by atoms with Crippen LogP contribution in [-0.2, 0) is 21.5 Å². The van der Waals surface area contributed by atoms with Crippen molar-refractivity contribution < 1.29 is 9.90 Å². The van der Waals surface area contributed by atoms with E-state index < -0.39 is 10.7 Å². The molecule has 0 saturated carbocycles. The average Bonchev–Trinajstić information content (AvgIpc) is 3.47. The molecule has 0 saturated heterocycles. The SMILES string of the molecule is CC(C)(C)c1cc(NC(=O)c2csc(-c3ccc(NCC4=CC=CS4=N)cc3)n2)cc(C(C)(C)C)c1O.Cl. The van der Waals surface area contributed by atoms with Gasteiger partial charge in [0, 0.05) is 44.9 Å². The monoisotopic (exact) mass is 570 g/mol. The maximum Gasteiger partial charge on any atom is 0.275 e. The van der Waals surface area contributed by atoms with Gasteiger partial charge >= 0.3 is 0 Å². The van der Waals surface area contributed by atoms with Crippen LogP contribution in [0.15, 0.2) is 64.2 Å². The lowest BCUT2D eigenvalue weighted by Gasteiger charge is -2.28. The molecule has 1 aromatic heterocycles. The number of phenolic OH excluding ortho intramolecular Hbond substituents is 1. The van der Waals surface area contributed by atoms with Gasteiger partial charge < -0.3 is 15.7 Å². The zero-order chi connectivity index (χ0) is 27.0. The van der Waals surface area contributed by atoms with Crippen LogP contribution in [0.4, 0.5) is 11.4 Å². The molecule has 2 aromatic carbocycles. The first-order chi connectivity index (χ1) is 17.3. The Morgan fingerprint density at radius 3 is 2.16 bits per heavy atom. The maximum absolute atomic E-state index is 13.1. The molecule has 1 aliphatic heterocycles. The number of anilines is 2. The third-order valence-corrected chi connectivity index (χ3v) is 8.26. The van der Waals surface area contributed by atoms with Gasteiger partial charge in [-0.15, -0.1) is 23.7 Å². The molecular formula is C29H35ClN4O2S2. The summed E-state index contributed by atoms with van der Waals surface area (Å²) in [5, 5.41) is 21.7. The number of rotatable bonds is 6. The standard InChI is InChI=1S/C29H34N4O2S2.ClH/c1-28(2,3)22-14-20(15-23(25(22)34)29(4,5)6)32-26(35)24-17-36-27(33-24)18-9-11-19(12-10-18)31-16-21-8-7-13-37(21)30;/h7-15,17,30-31,34H,16H2,1-6H3,(H,32,35);1H. The Kier molecular flexibility index (Phi) is 8.91. The summed E-state index contributed by atoms with van der Waals surface area (Å²) in [6.45, 7) is 12.9. The van der Waals surface area contributed by atoms with E-state index in [0.717, 1.165) is 32.3 Å². The fourth-order valence-electron chi connectivity index (χ4n) is 4.00. The van der Waals surface area contributed by atoms with E-state index >= 15 is 0 Å². The molecule has 3 aromatic rings. The lowest BCUT2D eigenvalue weighted by Crippen LogP contribution is -2.19. The Morgan fingerprint density at radius 2 is 1.63 bits per heavy atom. The number of aromatic hydroxyl groups is 1. The topological polar surface area (TPSA) is 98.1 Å². The summed E-state index contributed by atoms with van der Waals surface area (Å²) in [4.78, 5) is 18.7. The van der Waals surface area contributed by atoms with Gasteiger partial charge in [-0.25, -0.2) is 4.98 Å². The molecule has 0 spiro atoms. The number of nitrogens with one attached hydrogen (secondary N) is 3. The van der Waals surface area contributed by atoms with Crippen molar-refractivity contribution in [2.45, 2.75) is 52.4 Å². The summed E-state index contributed by atoms with van der Waals surface area (Å²) in [7, 11) is -0.539. The Hall–Kier alpha value is -2.94. The first-order valence-corrected chi connectivity index (χ1v) is 14.3. The van der Waals surface area contributed by atoms with Crippen LogP contribution in [0, 0.1) is 4.78 Å². The van der Waals surface area contributed by atoms with Crippen molar-refractivity contribution in [3.63, 3.8) is 0 Å². The number of amides is 1. The summed E-state index contributed by atoms with van der Waals surface area (Å²) >= 11 is 1.43. The van der Waals surface area contributed by atoms with Crippen LogP contribution >= 0.6 is 23.7 Å². The number of thiazole rings is 1. The Bertz CT molecular complexity index is 1380. The molecular weight excluding hydrogens is 536 g/mol. The summed E-state index contributed by atoms with van der Waals surface area (Å²) in [6.07, 6.45) is 3.92. The Labute approximate surface area is 237 Å². The number of benzene rings is 2. The van der Waals surface area contributed by atoms with Crippen LogP contribution < -0.4 is 10.6 Å². The molecule has 1 atom stereocenters.